The van der Waals surface area contributed by atoms with E-state index in [1.54, 1.807) is 43.5 Å². The van der Waals surface area contributed by atoms with Crippen molar-refractivity contribution in [2.24, 2.45) is 0 Å². The van der Waals surface area contributed by atoms with E-state index in [0.717, 1.165) is 0 Å². The van der Waals surface area contributed by atoms with Gasteiger partial charge in [-0.25, -0.2) is 0 Å². The first kappa shape index (κ1) is 17.5. The quantitative estimate of drug-likeness (QED) is 0.840. The highest BCUT2D eigenvalue weighted by Gasteiger charge is 2.30. The standard InChI is InChI=1S/C18H20O6/c1-21-12-7-5-11(6-8-12)16(18(19)20)17-14(23-3)9-13(22-2)10-15(17)24-4/h5-10,16H,1-4H3,(H,19,20). The van der Waals surface area contributed by atoms with Crippen LogP contribution in [0.3, 0.4) is 0 Å². The first-order valence-electron chi connectivity index (χ1n) is 7.22. The highest BCUT2D eigenvalue weighted by Crippen LogP contribution is 2.42. The van der Waals surface area contributed by atoms with Crippen LogP contribution in [0.25, 0.3) is 0 Å². The van der Waals surface area contributed by atoms with Crippen molar-refractivity contribution in [2.45, 2.75) is 5.92 Å². The molecule has 24 heavy (non-hydrogen) atoms. The van der Waals surface area contributed by atoms with Crippen LogP contribution in [-0.2, 0) is 4.79 Å². The van der Waals surface area contributed by atoms with Gasteiger partial charge in [-0.3, -0.25) is 4.79 Å². The molecule has 1 N–H and O–H groups in total. The maximum Gasteiger partial charge on any atom is 0.315 e. The predicted octanol–water partition coefficient (Wildman–Crippen LogP) is 2.94. The van der Waals surface area contributed by atoms with Gasteiger partial charge in [0.25, 0.3) is 0 Å². The Balaban J connectivity index is 2.64. The summed E-state index contributed by atoms with van der Waals surface area (Å²) < 4.78 is 21.1. The van der Waals surface area contributed by atoms with Gasteiger partial charge in [0.1, 0.15) is 28.9 Å². The molecule has 2 rings (SSSR count). The zero-order valence-corrected chi connectivity index (χ0v) is 14.0. The van der Waals surface area contributed by atoms with Crippen LogP contribution in [0.15, 0.2) is 36.4 Å². The molecule has 0 aliphatic carbocycles. The van der Waals surface area contributed by atoms with E-state index in [2.05, 4.69) is 0 Å². The number of aliphatic carboxylic acids is 1. The first-order valence-corrected chi connectivity index (χ1v) is 7.22. The summed E-state index contributed by atoms with van der Waals surface area (Å²) in [5, 5.41) is 9.80. The first-order chi connectivity index (χ1) is 11.5. The Morgan fingerprint density at radius 3 is 1.71 bits per heavy atom. The Labute approximate surface area is 140 Å². The third kappa shape index (κ3) is 3.37. The minimum Gasteiger partial charge on any atom is -0.497 e. The monoisotopic (exact) mass is 332 g/mol. The van der Waals surface area contributed by atoms with Gasteiger partial charge in [-0.1, -0.05) is 12.1 Å². The highest BCUT2D eigenvalue weighted by molar-refractivity contribution is 5.83. The van der Waals surface area contributed by atoms with E-state index in [-0.39, 0.29) is 0 Å². The summed E-state index contributed by atoms with van der Waals surface area (Å²) in [4.78, 5) is 12.0. The molecule has 1 atom stereocenters. The fourth-order valence-electron chi connectivity index (χ4n) is 2.55. The lowest BCUT2D eigenvalue weighted by Crippen LogP contribution is -2.15. The summed E-state index contributed by atoms with van der Waals surface area (Å²) in [6.07, 6.45) is 0. The maximum absolute atomic E-state index is 12.0. The number of rotatable bonds is 7. The molecule has 0 heterocycles. The van der Waals surface area contributed by atoms with Crippen LogP contribution in [0.1, 0.15) is 17.0 Å². The van der Waals surface area contributed by atoms with E-state index in [9.17, 15) is 9.90 Å². The number of hydrogen-bond acceptors (Lipinski definition) is 5. The van der Waals surface area contributed by atoms with Crippen molar-refractivity contribution >= 4 is 5.97 Å². The summed E-state index contributed by atoms with van der Waals surface area (Å²) in [5.74, 6) is -0.0275. The lowest BCUT2D eigenvalue weighted by molar-refractivity contribution is -0.137. The normalized spacial score (nSPS) is 11.5. The lowest BCUT2D eigenvalue weighted by atomic mass is 9.89. The van der Waals surface area contributed by atoms with Gasteiger partial charge in [-0.15, -0.1) is 0 Å². The second-order valence-corrected chi connectivity index (χ2v) is 4.99. The van der Waals surface area contributed by atoms with Gasteiger partial charge in [0, 0.05) is 12.1 Å². The predicted molar refractivity (Wildman–Crippen MR) is 88.6 cm³/mol. The zero-order valence-electron chi connectivity index (χ0n) is 14.0. The summed E-state index contributed by atoms with van der Waals surface area (Å²) in [5.41, 5.74) is 1.02. The minimum absolute atomic E-state index is 0.384. The van der Waals surface area contributed by atoms with Gasteiger partial charge >= 0.3 is 5.97 Å². The summed E-state index contributed by atoms with van der Waals surface area (Å²) in [7, 11) is 6.03. The molecule has 0 spiro atoms. The molecule has 0 saturated carbocycles. The Hall–Kier alpha value is -2.89. The van der Waals surface area contributed by atoms with Crippen LogP contribution in [0, 0.1) is 0 Å². The van der Waals surface area contributed by atoms with Gasteiger partial charge < -0.3 is 24.1 Å². The third-order valence-electron chi connectivity index (χ3n) is 3.74. The van der Waals surface area contributed by atoms with Crippen molar-refractivity contribution in [3.05, 3.63) is 47.5 Å². The van der Waals surface area contributed by atoms with Crippen molar-refractivity contribution in [3.63, 3.8) is 0 Å². The molecule has 0 fully saturated rings. The van der Waals surface area contributed by atoms with Gasteiger partial charge in [-0.05, 0) is 17.7 Å². The topological polar surface area (TPSA) is 74.2 Å². The fraction of sp³-hybridized carbons (Fsp3) is 0.278. The zero-order chi connectivity index (χ0) is 17.7. The van der Waals surface area contributed by atoms with Crippen LogP contribution in [0.5, 0.6) is 23.0 Å². The lowest BCUT2D eigenvalue weighted by Gasteiger charge is -2.20. The van der Waals surface area contributed by atoms with E-state index in [4.69, 9.17) is 18.9 Å². The molecule has 0 aliphatic heterocycles. The van der Waals surface area contributed by atoms with Crippen LogP contribution in [0.2, 0.25) is 0 Å². The smallest absolute Gasteiger partial charge is 0.315 e. The number of hydrogen-bond donors (Lipinski definition) is 1. The SMILES string of the molecule is COc1ccc(C(C(=O)O)c2c(OC)cc(OC)cc2OC)cc1. The minimum atomic E-state index is -1.01. The van der Waals surface area contributed by atoms with E-state index in [1.165, 1.54) is 21.3 Å². The molecule has 0 saturated heterocycles. The van der Waals surface area contributed by atoms with Crippen molar-refractivity contribution < 1.29 is 28.8 Å². The third-order valence-corrected chi connectivity index (χ3v) is 3.74. The van der Waals surface area contributed by atoms with Crippen molar-refractivity contribution in [2.75, 3.05) is 28.4 Å². The number of benzene rings is 2. The van der Waals surface area contributed by atoms with E-state index < -0.39 is 11.9 Å². The van der Waals surface area contributed by atoms with Gasteiger partial charge in [0.05, 0.1) is 34.0 Å². The second-order valence-electron chi connectivity index (χ2n) is 4.99. The largest absolute Gasteiger partial charge is 0.497 e. The van der Waals surface area contributed by atoms with Crippen molar-refractivity contribution in [1.29, 1.82) is 0 Å². The van der Waals surface area contributed by atoms with Gasteiger partial charge in [0.15, 0.2) is 0 Å². The van der Waals surface area contributed by atoms with Crippen molar-refractivity contribution in [1.82, 2.24) is 0 Å². The molecule has 0 amide bonds. The molecule has 6 nitrogen and oxygen atoms in total. The molecule has 1 unspecified atom stereocenters. The van der Waals surface area contributed by atoms with E-state index in [1.807, 2.05) is 0 Å². The van der Waals surface area contributed by atoms with Crippen LogP contribution in [-0.4, -0.2) is 39.5 Å². The molecule has 2 aromatic rings. The fourth-order valence-corrected chi connectivity index (χ4v) is 2.55. The number of methoxy groups -OCH3 is 4. The van der Waals surface area contributed by atoms with Crippen LogP contribution < -0.4 is 18.9 Å². The maximum atomic E-state index is 12.0. The van der Waals surface area contributed by atoms with E-state index in [0.29, 0.717) is 34.1 Å². The van der Waals surface area contributed by atoms with Gasteiger partial charge in [0.2, 0.25) is 0 Å². The number of carboxylic acids is 1. The van der Waals surface area contributed by atoms with Crippen LogP contribution >= 0.6 is 0 Å². The molecular weight excluding hydrogens is 312 g/mol. The molecule has 2 aromatic carbocycles. The molecule has 0 aromatic heterocycles. The number of ether oxygens (including phenoxy) is 4. The number of carbonyl (C=O) groups is 1. The Bertz CT molecular complexity index is 683. The Morgan fingerprint density at radius 1 is 0.833 bits per heavy atom. The summed E-state index contributed by atoms with van der Waals surface area (Å²) in [6, 6.07) is 10.1. The van der Waals surface area contributed by atoms with E-state index >= 15 is 0 Å². The molecular formula is C18H20O6. The van der Waals surface area contributed by atoms with Crippen LogP contribution in [0.4, 0.5) is 0 Å². The molecule has 0 radical (unpaired) electrons. The van der Waals surface area contributed by atoms with Crippen molar-refractivity contribution in [3.8, 4) is 23.0 Å². The molecule has 128 valence electrons. The molecule has 0 bridgehead atoms. The van der Waals surface area contributed by atoms with Gasteiger partial charge in [-0.2, -0.15) is 0 Å². The second kappa shape index (κ2) is 7.59. The molecule has 6 heteroatoms. The Morgan fingerprint density at radius 2 is 1.33 bits per heavy atom. The summed E-state index contributed by atoms with van der Waals surface area (Å²) in [6.45, 7) is 0. The average Bonchev–Trinajstić information content (AvgIpc) is 2.62. The number of carboxylic acid groups (broad SMARTS) is 1. The summed E-state index contributed by atoms with van der Waals surface area (Å²) >= 11 is 0. The highest BCUT2D eigenvalue weighted by atomic mass is 16.5. The Kier molecular flexibility index (Phi) is 5.52. The molecule has 0 aliphatic rings. The average molecular weight is 332 g/mol.